The van der Waals surface area contributed by atoms with Crippen LogP contribution >= 0.6 is 0 Å². The molecular formula is C17H22F6O. The topological polar surface area (TPSA) is 20.2 Å². The summed E-state index contributed by atoms with van der Waals surface area (Å²) in [5, 5.41) is 9.69. The lowest BCUT2D eigenvalue weighted by Crippen LogP contribution is -2.54. The highest BCUT2D eigenvalue weighted by molar-refractivity contribution is 5.41. The minimum absolute atomic E-state index is 0.289. The Labute approximate surface area is 137 Å². The van der Waals surface area contributed by atoms with Crippen LogP contribution < -0.4 is 0 Å². The van der Waals surface area contributed by atoms with E-state index in [9.17, 15) is 31.4 Å². The van der Waals surface area contributed by atoms with E-state index in [2.05, 4.69) is 0 Å². The molecule has 0 unspecified atom stereocenters. The molecule has 0 spiro atoms. The second-order valence-electron chi connectivity index (χ2n) is 8.00. The van der Waals surface area contributed by atoms with E-state index in [1.54, 1.807) is 47.6 Å². The van der Waals surface area contributed by atoms with Gasteiger partial charge >= 0.3 is 12.4 Å². The molecule has 0 aliphatic heterocycles. The van der Waals surface area contributed by atoms with Crippen molar-refractivity contribution < 1.29 is 31.4 Å². The van der Waals surface area contributed by atoms with E-state index in [1.165, 1.54) is 0 Å². The normalized spacial score (nSPS) is 14.9. The lowest BCUT2D eigenvalue weighted by molar-refractivity contribution is -0.376. The number of hydrogen-bond acceptors (Lipinski definition) is 1. The molecule has 1 rings (SSSR count). The van der Waals surface area contributed by atoms with E-state index >= 15 is 0 Å². The molecular weight excluding hydrogens is 334 g/mol. The molecule has 24 heavy (non-hydrogen) atoms. The first-order valence-electron chi connectivity index (χ1n) is 7.34. The summed E-state index contributed by atoms with van der Waals surface area (Å²) in [6, 6.07) is 3.16. The van der Waals surface area contributed by atoms with E-state index in [4.69, 9.17) is 0 Å². The number of rotatable bonds is 1. The van der Waals surface area contributed by atoms with Gasteiger partial charge in [0.15, 0.2) is 0 Å². The van der Waals surface area contributed by atoms with E-state index in [0.29, 0.717) is 0 Å². The standard InChI is InChI=1S/C17H22F6O/c1-13(2,3)10-7-11(14(4,5)6)9-12(8-10)15(24,16(18,19)20)17(21,22)23/h7-9,24H,1-6H3. The molecule has 0 aliphatic rings. The van der Waals surface area contributed by atoms with Gasteiger partial charge in [-0.15, -0.1) is 0 Å². The molecule has 0 bridgehead atoms. The van der Waals surface area contributed by atoms with Crippen molar-refractivity contribution in [2.45, 2.75) is 70.3 Å². The number of benzene rings is 1. The van der Waals surface area contributed by atoms with Crippen LogP contribution in [0.1, 0.15) is 58.2 Å². The Morgan fingerprint density at radius 3 is 1.04 bits per heavy atom. The van der Waals surface area contributed by atoms with Gasteiger partial charge in [-0.25, -0.2) is 0 Å². The van der Waals surface area contributed by atoms with Crippen molar-refractivity contribution in [3.8, 4) is 0 Å². The van der Waals surface area contributed by atoms with Crippen molar-refractivity contribution in [1.82, 2.24) is 0 Å². The zero-order chi connectivity index (χ0) is 19.4. The minimum atomic E-state index is -5.89. The molecule has 0 fully saturated rings. The maximum atomic E-state index is 13.2. The summed E-state index contributed by atoms with van der Waals surface area (Å²) in [7, 11) is 0. The van der Waals surface area contributed by atoms with Gasteiger partial charge in [0, 0.05) is 5.56 Å². The number of halogens is 6. The summed E-state index contributed by atoms with van der Waals surface area (Å²) in [5.41, 5.74) is -6.92. The summed E-state index contributed by atoms with van der Waals surface area (Å²) in [4.78, 5) is 0. The second kappa shape index (κ2) is 5.64. The molecule has 0 saturated heterocycles. The monoisotopic (exact) mass is 356 g/mol. The molecule has 1 nitrogen and oxygen atoms in total. The Kier molecular flexibility index (Phi) is 4.89. The highest BCUT2D eigenvalue weighted by Crippen LogP contribution is 2.51. The van der Waals surface area contributed by atoms with Crippen LogP contribution in [0.25, 0.3) is 0 Å². The predicted octanol–water partition coefficient (Wildman–Crippen LogP) is 5.59. The zero-order valence-corrected chi connectivity index (χ0v) is 14.4. The van der Waals surface area contributed by atoms with Crippen LogP contribution in [-0.2, 0) is 16.4 Å². The fourth-order valence-electron chi connectivity index (χ4n) is 2.19. The van der Waals surface area contributed by atoms with Gasteiger partial charge in [0.25, 0.3) is 5.60 Å². The van der Waals surface area contributed by atoms with Gasteiger partial charge in [-0.05, 0) is 22.0 Å². The van der Waals surface area contributed by atoms with Crippen molar-refractivity contribution in [2.24, 2.45) is 0 Å². The summed E-state index contributed by atoms with van der Waals surface area (Å²) in [5.74, 6) is 0. The van der Waals surface area contributed by atoms with Crippen LogP contribution in [0.5, 0.6) is 0 Å². The van der Waals surface area contributed by atoms with Crippen LogP contribution in [0.4, 0.5) is 26.3 Å². The van der Waals surface area contributed by atoms with Crippen molar-refractivity contribution in [2.75, 3.05) is 0 Å². The predicted molar refractivity (Wildman–Crippen MR) is 79.8 cm³/mol. The van der Waals surface area contributed by atoms with Gasteiger partial charge in [-0.3, -0.25) is 0 Å². The van der Waals surface area contributed by atoms with Gasteiger partial charge in [0.1, 0.15) is 0 Å². The number of aliphatic hydroxyl groups is 1. The average Bonchev–Trinajstić information content (AvgIpc) is 2.32. The smallest absolute Gasteiger partial charge is 0.369 e. The Bertz CT molecular complexity index is 553. The molecule has 1 aromatic carbocycles. The molecule has 0 saturated carbocycles. The molecule has 0 radical (unpaired) electrons. The summed E-state index contributed by atoms with van der Waals surface area (Å²) in [6.45, 7) is 10.1. The first kappa shape index (κ1) is 20.8. The highest BCUT2D eigenvalue weighted by Gasteiger charge is 2.71. The summed E-state index contributed by atoms with van der Waals surface area (Å²) in [6.07, 6.45) is -11.8. The Morgan fingerprint density at radius 1 is 0.583 bits per heavy atom. The Morgan fingerprint density at radius 2 is 0.833 bits per heavy atom. The van der Waals surface area contributed by atoms with Crippen molar-refractivity contribution in [3.63, 3.8) is 0 Å². The fourth-order valence-corrected chi connectivity index (χ4v) is 2.19. The molecule has 1 N–H and O–H groups in total. The van der Waals surface area contributed by atoms with Crippen LogP contribution in [0.15, 0.2) is 18.2 Å². The van der Waals surface area contributed by atoms with Gasteiger partial charge in [0.05, 0.1) is 0 Å². The third-order valence-corrected chi connectivity index (χ3v) is 3.90. The van der Waals surface area contributed by atoms with E-state index in [0.717, 1.165) is 12.1 Å². The van der Waals surface area contributed by atoms with E-state index < -0.39 is 34.3 Å². The third kappa shape index (κ3) is 3.71. The molecule has 1 aromatic rings. The first-order chi connectivity index (χ1) is 10.3. The quantitative estimate of drug-likeness (QED) is 0.650. The van der Waals surface area contributed by atoms with Crippen molar-refractivity contribution >= 4 is 0 Å². The van der Waals surface area contributed by atoms with Crippen LogP contribution in [0.3, 0.4) is 0 Å². The van der Waals surface area contributed by atoms with Crippen molar-refractivity contribution in [3.05, 3.63) is 34.9 Å². The van der Waals surface area contributed by atoms with Gasteiger partial charge in [0.2, 0.25) is 0 Å². The van der Waals surface area contributed by atoms with E-state index in [1.807, 2.05) is 0 Å². The number of hydrogen-bond donors (Lipinski definition) is 1. The molecule has 0 heterocycles. The average molecular weight is 356 g/mol. The molecule has 7 heteroatoms. The highest BCUT2D eigenvalue weighted by atomic mass is 19.4. The minimum Gasteiger partial charge on any atom is -0.369 e. The lowest BCUT2D eigenvalue weighted by Gasteiger charge is -2.35. The molecule has 0 amide bonds. The SMILES string of the molecule is CC(C)(C)c1cc(C(C)(C)C)cc(C(O)(C(F)(F)F)C(F)(F)F)c1. The van der Waals surface area contributed by atoms with Crippen LogP contribution in [0.2, 0.25) is 0 Å². The van der Waals surface area contributed by atoms with Gasteiger partial charge in [-0.2, -0.15) is 26.3 Å². The number of alkyl halides is 6. The molecule has 138 valence electrons. The van der Waals surface area contributed by atoms with Crippen LogP contribution in [-0.4, -0.2) is 17.5 Å². The van der Waals surface area contributed by atoms with Gasteiger partial charge in [-0.1, -0.05) is 59.7 Å². The van der Waals surface area contributed by atoms with Crippen molar-refractivity contribution in [1.29, 1.82) is 0 Å². The molecule has 0 aliphatic carbocycles. The lowest BCUT2D eigenvalue weighted by atomic mass is 9.77. The zero-order valence-electron chi connectivity index (χ0n) is 14.4. The first-order valence-corrected chi connectivity index (χ1v) is 7.34. The van der Waals surface area contributed by atoms with Crippen LogP contribution in [0, 0.1) is 0 Å². The Hall–Kier alpha value is -1.24. The molecule has 0 aromatic heterocycles. The Balaban J connectivity index is 3.86. The maximum absolute atomic E-state index is 13.2. The fraction of sp³-hybridized carbons (Fsp3) is 0.647. The maximum Gasteiger partial charge on any atom is 0.430 e. The summed E-state index contributed by atoms with van der Waals surface area (Å²) >= 11 is 0. The van der Waals surface area contributed by atoms with Gasteiger partial charge < -0.3 is 5.11 Å². The molecule has 0 atom stereocenters. The third-order valence-electron chi connectivity index (χ3n) is 3.90. The summed E-state index contributed by atoms with van der Waals surface area (Å²) < 4.78 is 79.0. The van der Waals surface area contributed by atoms with E-state index in [-0.39, 0.29) is 11.1 Å². The second-order valence-corrected chi connectivity index (χ2v) is 8.00. The largest absolute Gasteiger partial charge is 0.430 e.